The van der Waals surface area contributed by atoms with Crippen molar-refractivity contribution in [3.8, 4) is 6.07 Å². The van der Waals surface area contributed by atoms with Crippen molar-refractivity contribution in [2.24, 2.45) is 11.3 Å². The fraction of sp³-hybridized carbons (Fsp3) is 0.526. The van der Waals surface area contributed by atoms with Crippen LogP contribution in [-0.2, 0) is 9.59 Å². The van der Waals surface area contributed by atoms with Crippen LogP contribution < -0.4 is 5.32 Å². The first kappa shape index (κ1) is 19.3. The summed E-state index contributed by atoms with van der Waals surface area (Å²) in [6, 6.07) is 8.32. The van der Waals surface area contributed by atoms with Crippen LogP contribution >= 0.6 is 11.8 Å². The highest BCUT2D eigenvalue weighted by molar-refractivity contribution is 7.99. The molecule has 1 saturated heterocycles. The summed E-state index contributed by atoms with van der Waals surface area (Å²) in [7, 11) is 0. The molecular weight excluding hydrogens is 334 g/mol. The summed E-state index contributed by atoms with van der Waals surface area (Å²) in [4.78, 5) is 26.9. The zero-order valence-corrected chi connectivity index (χ0v) is 16.0. The molecule has 1 heterocycles. The quantitative estimate of drug-likeness (QED) is 0.893. The average Bonchev–Trinajstić information content (AvgIpc) is 3.04. The Bertz CT molecular complexity index is 673. The highest BCUT2D eigenvalue weighted by atomic mass is 32.2. The number of hydrogen-bond donors (Lipinski definition) is 1. The van der Waals surface area contributed by atoms with Gasteiger partial charge in [0.05, 0.1) is 17.5 Å². The van der Waals surface area contributed by atoms with Gasteiger partial charge in [0.25, 0.3) is 0 Å². The predicted molar refractivity (Wildman–Crippen MR) is 101 cm³/mol. The predicted octanol–water partition coefficient (Wildman–Crippen LogP) is 3.47. The number of carbonyl (C=O) groups is 2. The van der Waals surface area contributed by atoms with Gasteiger partial charge in [-0.05, 0) is 35.6 Å². The molecule has 2 amide bonds. The van der Waals surface area contributed by atoms with Gasteiger partial charge in [0.1, 0.15) is 6.04 Å². The largest absolute Gasteiger partial charge is 0.324 e. The molecule has 1 aliphatic rings. The molecule has 0 aliphatic carbocycles. The minimum absolute atomic E-state index is 0.0346. The van der Waals surface area contributed by atoms with Gasteiger partial charge < -0.3 is 10.2 Å². The maximum absolute atomic E-state index is 12.6. The molecule has 134 valence electrons. The van der Waals surface area contributed by atoms with Crippen molar-refractivity contribution in [1.82, 2.24) is 4.90 Å². The first-order chi connectivity index (χ1) is 11.7. The number of hydrogen-bond acceptors (Lipinski definition) is 4. The van der Waals surface area contributed by atoms with Crippen molar-refractivity contribution in [2.75, 3.05) is 16.9 Å². The van der Waals surface area contributed by atoms with Gasteiger partial charge in [-0.2, -0.15) is 5.26 Å². The minimum Gasteiger partial charge on any atom is -0.324 e. The van der Waals surface area contributed by atoms with Crippen molar-refractivity contribution in [1.29, 1.82) is 5.26 Å². The van der Waals surface area contributed by atoms with Gasteiger partial charge in [-0.15, -0.1) is 11.8 Å². The van der Waals surface area contributed by atoms with Crippen LogP contribution in [-0.4, -0.2) is 34.4 Å². The Hall–Kier alpha value is -2.00. The van der Waals surface area contributed by atoms with E-state index in [9.17, 15) is 9.59 Å². The van der Waals surface area contributed by atoms with E-state index in [0.717, 1.165) is 0 Å². The van der Waals surface area contributed by atoms with Crippen LogP contribution in [0.5, 0.6) is 0 Å². The maximum atomic E-state index is 12.6. The molecule has 25 heavy (non-hydrogen) atoms. The fourth-order valence-corrected chi connectivity index (χ4v) is 3.63. The Morgan fingerprint density at radius 1 is 1.36 bits per heavy atom. The highest BCUT2D eigenvalue weighted by Crippen LogP contribution is 2.30. The second-order valence-electron chi connectivity index (χ2n) is 7.53. The zero-order chi connectivity index (χ0) is 18.6. The number of nitrogens with one attached hydrogen (secondary N) is 1. The molecule has 1 aromatic rings. The first-order valence-electron chi connectivity index (χ1n) is 8.40. The second-order valence-corrected chi connectivity index (χ2v) is 8.53. The molecule has 0 saturated carbocycles. The summed E-state index contributed by atoms with van der Waals surface area (Å²) >= 11 is 1.60. The Morgan fingerprint density at radius 2 is 2.00 bits per heavy atom. The highest BCUT2D eigenvalue weighted by Gasteiger charge is 2.36. The molecule has 0 aromatic heterocycles. The van der Waals surface area contributed by atoms with E-state index in [-0.39, 0.29) is 23.1 Å². The van der Waals surface area contributed by atoms with E-state index in [2.05, 4.69) is 33.0 Å². The van der Waals surface area contributed by atoms with E-state index < -0.39 is 6.04 Å². The van der Waals surface area contributed by atoms with Gasteiger partial charge in [-0.3, -0.25) is 9.59 Å². The van der Waals surface area contributed by atoms with E-state index in [1.807, 2.05) is 6.07 Å². The average molecular weight is 359 g/mol. The molecule has 0 spiro atoms. The van der Waals surface area contributed by atoms with Crippen molar-refractivity contribution in [3.63, 3.8) is 0 Å². The molecule has 2 atom stereocenters. The molecule has 2 rings (SSSR count). The maximum Gasteiger partial charge on any atom is 0.248 e. The third kappa shape index (κ3) is 4.99. The molecule has 1 aliphatic heterocycles. The number of nitrogens with zero attached hydrogens (tertiary/aromatic N) is 2. The topological polar surface area (TPSA) is 73.2 Å². The smallest absolute Gasteiger partial charge is 0.248 e. The summed E-state index contributed by atoms with van der Waals surface area (Å²) in [5.41, 5.74) is 1.24. The van der Waals surface area contributed by atoms with Crippen LogP contribution in [0.3, 0.4) is 0 Å². The molecule has 1 aromatic carbocycles. The Balaban J connectivity index is 2.00. The molecule has 2 unspecified atom stereocenters. The normalized spacial score (nSPS) is 18.5. The van der Waals surface area contributed by atoms with Crippen LogP contribution in [0.25, 0.3) is 0 Å². The SMILES string of the molecule is CC(CC(=O)N1CSCC1C(=O)Nc1ccc(C#N)cc1)C(C)(C)C. The molecule has 0 radical (unpaired) electrons. The summed E-state index contributed by atoms with van der Waals surface area (Å²) in [6.45, 7) is 8.45. The van der Waals surface area contributed by atoms with E-state index in [4.69, 9.17) is 5.26 Å². The molecule has 1 fully saturated rings. The summed E-state index contributed by atoms with van der Waals surface area (Å²) in [5, 5.41) is 11.7. The van der Waals surface area contributed by atoms with Crippen molar-refractivity contribution in [2.45, 2.75) is 40.2 Å². The summed E-state index contributed by atoms with van der Waals surface area (Å²) < 4.78 is 0. The van der Waals surface area contributed by atoms with Gasteiger partial charge >= 0.3 is 0 Å². The summed E-state index contributed by atoms with van der Waals surface area (Å²) in [6.07, 6.45) is 0.449. The van der Waals surface area contributed by atoms with Gasteiger partial charge in [-0.1, -0.05) is 27.7 Å². The lowest BCUT2D eigenvalue weighted by atomic mass is 9.80. The Morgan fingerprint density at radius 3 is 2.56 bits per heavy atom. The Labute approximate surface area is 153 Å². The number of thioether (sulfide) groups is 1. The van der Waals surface area contributed by atoms with Crippen LogP contribution in [0.2, 0.25) is 0 Å². The van der Waals surface area contributed by atoms with Gasteiger partial charge in [0.15, 0.2) is 0 Å². The van der Waals surface area contributed by atoms with Crippen LogP contribution in [0.15, 0.2) is 24.3 Å². The van der Waals surface area contributed by atoms with Gasteiger partial charge in [0.2, 0.25) is 11.8 Å². The number of nitriles is 1. The number of rotatable bonds is 4. The molecule has 6 heteroatoms. The number of amides is 2. The molecule has 5 nitrogen and oxygen atoms in total. The third-order valence-electron chi connectivity index (χ3n) is 4.75. The van der Waals surface area contributed by atoms with Crippen LogP contribution in [0.1, 0.15) is 39.7 Å². The second kappa shape index (κ2) is 7.92. The molecule has 1 N–H and O–H groups in total. The first-order valence-corrected chi connectivity index (χ1v) is 9.56. The number of carbonyl (C=O) groups excluding carboxylic acids is 2. The lowest BCUT2D eigenvalue weighted by molar-refractivity contribution is -0.137. The van der Waals surface area contributed by atoms with E-state index >= 15 is 0 Å². The minimum atomic E-state index is -0.444. The standard InChI is InChI=1S/C19H25N3O2S/c1-13(19(2,3)4)9-17(23)22-12-25-11-16(22)18(24)21-15-7-5-14(10-20)6-8-15/h5-8,13,16H,9,11-12H2,1-4H3,(H,21,24). The Kier molecular flexibility index (Phi) is 6.12. The summed E-state index contributed by atoms with van der Waals surface area (Å²) in [5.74, 6) is 1.27. The van der Waals surface area contributed by atoms with E-state index in [1.54, 1.807) is 40.9 Å². The van der Waals surface area contributed by atoms with Crippen molar-refractivity contribution < 1.29 is 9.59 Å². The van der Waals surface area contributed by atoms with E-state index in [0.29, 0.717) is 29.3 Å². The number of benzene rings is 1. The zero-order valence-electron chi connectivity index (χ0n) is 15.2. The molecule has 0 bridgehead atoms. The molecular formula is C19H25N3O2S. The van der Waals surface area contributed by atoms with Crippen LogP contribution in [0.4, 0.5) is 5.69 Å². The van der Waals surface area contributed by atoms with Crippen molar-refractivity contribution >= 4 is 29.3 Å². The van der Waals surface area contributed by atoms with Crippen molar-refractivity contribution in [3.05, 3.63) is 29.8 Å². The monoisotopic (exact) mass is 359 g/mol. The number of anilines is 1. The lowest BCUT2D eigenvalue weighted by Gasteiger charge is -2.30. The third-order valence-corrected chi connectivity index (χ3v) is 5.76. The van der Waals surface area contributed by atoms with Crippen LogP contribution in [0, 0.1) is 22.7 Å². The van der Waals surface area contributed by atoms with Gasteiger partial charge in [0, 0.05) is 17.9 Å². The van der Waals surface area contributed by atoms with Gasteiger partial charge in [-0.25, -0.2) is 0 Å². The van der Waals surface area contributed by atoms with E-state index in [1.165, 1.54) is 0 Å². The lowest BCUT2D eigenvalue weighted by Crippen LogP contribution is -2.45. The fourth-order valence-electron chi connectivity index (χ4n) is 2.44.